The van der Waals surface area contributed by atoms with Crippen molar-refractivity contribution in [3.8, 4) is 21.7 Å². The Balaban J connectivity index is 1.53. The molecule has 5 amide bonds. The number of nitrogens with one attached hydrogen (secondary N) is 4. The summed E-state index contributed by atoms with van der Waals surface area (Å²) in [5, 5.41) is 5.93. The predicted molar refractivity (Wildman–Crippen MR) is 172 cm³/mol. The first-order valence-electron chi connectivity index (χ1n) is 15.3. The Labute approximate surface area is 279 Å². The van der Waals surface area contributed by atoms with Gasteiger partial charge in [-0.15, -0.1) is 11.3 Å². The number of hydrogen-bond acceptors (Lipinski definition) is 9. The van der Waals surface area contributed by atoms with Crippen molar-refractivity contribution in [3.05, 3.63) is 47.4 Å². The van der Waals surface area contributed by atoms with E-state index < -0.39 is 41.4 Å². The summed E-state index contributed by atoms with van der Waals surface area (Å²) in [6, 6.07) is 2.05. The molecule has 4 rings (SSSR count). The summed E-state index contributed by atoms with van der Waals surface area (Å²) in [5.74, 6) is -1.33. The quantitative estimate of drug-likeness (QED) is 0.217. The van der Waals surface area contributed by atoms with Gasteiger partial charge in [0.1, 0.15) is 23.0 Å². The van der Waals surface area contributed by atoms with E-state index in [1.807, 2.05) is 0 Å². The second-order valence-electron chi connectivity index (χ2n) is 12.0. The van der Waals surface area contributed by atoms with Crippen LogP contribution in [0.15, 0.2) is 36.1 Å². The molecule has 1 saturated carbocycles. The van der Waals surface area contributed by atoms with Gasteiger partial charge in [-0.25, -0.2) is 19.6 Å². The molecule has 17 heteroatoms. The Kier molecular flexibility index (Phi) is 11.6. The topological polar surface area (TPSA) is 168 Å². The molecular weight excluding hydrogens is 653 g/mol. The number of amides is 5. The minimum atomic E-state index is -4.67. The fourth-order valence-electron chi connectivity index (χ4n) is 4.94. The highest BCUT2D eigenvalue weighted by Gasteiger charge is 2.34. The van der Waals surface area contributed by atoms with E-state index in [9.17, 15) is 32.3 Å². The summed E-state index contributed by atoms with van der Waals surface area (Å²) in [6.07, 6.45) is 3.00. The Morgan fingerprint density at radius 3 is 2.38 bits per heavy atom. The molecule has 0 spiro atoms. The zero-order valence-corrected chi connectivity index (χ0v) is 27.7. The molecular formula is C31H37F3N8O5S. The third-order valence-electron chi connectivity index (χ3n) is 7.09. The first kappa shape index (κ1) is 36.0. The summed E-state index contributed by atoms with van der Waals surface area (Å²) in [5.41, 5.74) is 3.60. The average molecular weight is 691 g/mol. The van der Waals surface area contributed by atoms with E-state index in [1.54, 1.807) is 27.7 Å². The van der Waals surface area contributed by atoms with Crippen molar-refractivity contribution in [2.75, 3.05) is 18.4 Å². The molecule has 0 bridgehead atoms. The lowest BCUT2D eigenvalue weighted by Gasteiger charge is -2.35. The molecule has 3 aromatic heterocycles. The molecule has 0 aromatic carbocycles. The van der Waals surface area contributed by atoms with Crippen LogP contribution in [0.25, 0.3) is 21.7 Å². The molecule has 1 fully saturated rings. The lowest BCUT2D eigenvalue weighted by Crippen LogP contribution is -2.51. The zero-order valence-electron chi connectivity index (χ0n) is 26.9. The molecule has 4 N–H and O–H groups in total. The van der Waals surface area contributed by atoms with Gasteiger partial charge < -0.3 is 10.1 Å². The van der Waals surface area contributed by atoms with Gasteiger partial charge in [0.05, 0.1) is 5.56 Å². The van der Waals surface area contributed by atoms with Gasteiger partial charge in [-0.3, -0.25) is 35.6 Å². The van der Waals surface area contributed by atoms with E-state index in [4.69, 9.17) is 4.74 Å². The van der Waals surface area contributed by atoms with Crippen molar-refractivity contribution >= 4 is 41.1 Å². The van der Waals surface area contributed by atoms with Crippen molar-refractivity contribution in [1.29, 1.82) is 0 Å². The van der Waals surface area contributed by atoms with E-state index in [2.05, 4.69) is 36.4 Å². The van der Waals surface area contributed by atoms with Crippen molar-refractivity contribution in [2.24, 2.45) is 0 Å². The maximum Gasteiger partial charge on any atom is 0.434 e. The number of aromatic nitrogens is 3. The second kappa shape index (κ2) is 15.4. The van der Waals surface area contributed by atoms with Crippen LogP contribution in [-0.4, -0.2) is 68.5 Å². The minimum absolute atomic E-state index is 0.00620. The normalized spacial score (nSPS) is 13.7. The highest BCUT2D eigenvalue weighted by Crippen LogP contribution is 2.38. The number of carbonyl (C=O) groups is 4. The minimum Gasteiger partial charge on any atom is -0.444 e. The number of urea groups is 1. The smallest absolute Gasteiger partial charge is 0.434 e. The molecule has 0 atom stereocenters. The third kappa shape index (κ3) is 9.85. The first-order valence-corrected chi connectivity index (χ1v) is 16.1. The molecule has 48 heavy (non-hydrogen) atoms. The van der Waals surface area contributed by atoms with Crippen LogP contribution in [0.3, 0.4) is 0 Å². The van der Waals surface area contributed by atoms with Crippen molar-refractivity contribution < 1.29 is 37.1 Å². The van der Waals surface area contributed by atoms with Gasteiger partial charge in [0.15, 0.2) is 5.69 Å². The zero-order chi connectivity index (χ0) is 35.1. The van der Waals surface area contributed by atoms with E-state index >= 15 is 0 Å². The Bertz CT molecular complexity index is 1640. The van der Waals surface area contributed by atoms with Crippen LogP contribution in [0.4, 0.5) is 28.6 Å². The standard InChI is InChI=1S/C31H37F3N8O5S/c1-5-36-28(45)39-24-12-21(27-38-23(17-48-27)31(32,33)34)22(15-37-24)18-11-19(14-35-13-18)26(44)41-40-25(43)16-42(20-9-7-6-8-10-20)29(46)47-30(2,3)4/h11-15,17,20H,5-10,16H2,1-4H3,(H,40,43)(H,41,44)(H2,36,37,39,45). The van der Waals surface area contributed by atoms with Gasteiger partial charge in [0.25, 0.3) is 11.8 Å². The summed E-state index contributed by atoms with van der Waals surface area (Å²) < 4.78 is 45.6. The Morgan fingerprint density at radius 2 is 1.73 bits per heavy atom. The fraction of sp³-hybridized carbons (Fsp3) is 0.452. The highest BCUT2D eigenvalue weighted by molar-refractivity contribution is 7.13. The molecule has 1 aliphatic rings. The van der Waals surface area contributed by atoms with Crippen LogP contribution in [0, 0.1) is 0 Å². The van der Waals surface area contributed by atoms with E-state index in [0.29, 0.717) is 12.1 Å². The van der Waals surface area contributed by atoms with Crippen LogP contribution in [-0.2, 0) is 15.7 Å². The number of hydrogen-bond donors (Lipinski definition) is 4. The number of nitrogens with zero attached hydrogens (tertiary/aromatic N) is 4. The SMILES string of the molecule is CCNC(=O)Nc1cc(-c2nc(C(F)(F)F)cs2)c(-c2cncc(C(=O)NNC(=O)CN(C(=O)OC(C)(C)C)C3CCCCC3)c2)cn1. The molecule has 3 heterocycles. The first-order chi connectivity index (χ1) is 22.6. The van der Waals surface area contributed by atoms with Crippen molar-refractivity contribution in [1.82, 2.24) is 36.0 Å². The molecule has 13 nitrogen and oxygen atoms in total. The van der Waals surface area contributed by atoms with Crippen LogP contribution >= 0.6 is 11.3 Å². The Morgan fingerprint density at radius 1 is 1.00 bits per heavy atom. The lowest BCUT2D eigenvalue weighted by atomic mass is 9.94. The number of carbonyl (C=O) groups excluding carboxylic acids is 4. The summed E-state index contributed by atoms with van der Waals surface area (Å²) >= 11 is 0.746. The van der Waals surface area contributed by atoms with E-state index in [-0.39, 0.29) is 40.1 Å². The summed E-state index contributed by atoms with van der Waals surface area (Å²) in [7, 11) is 0. The van der Waals surface area contributed by atoms with Crippen molar-refractivity contribution in [2.45, 2.75) is 77.6 Å². The molecule has 1 aliphatic carbocycles. The molecule has 0 unspecified atom stereocenters. The maximum absolute atomic E-state index is 13.4. The van der Waals surface area contributed by atoms with Gasteiger partial charge in [-0.1, -0.05) is 19.3 Å². The molecule has 3 aromatic rings. The number of pyridine rings is 2. The Hall–Kier alpha value is -4.80. The summed E-state index contributed by atoms with van der Waals surface area (Å²) in [6.45, 7) is 6.92. The predicted octanol–water partition coefficient (Wildman–Crippen LogP) is 5.76. The largest absolute Gasteiger partial charge is 0.444 e. The monoisotopic (exact) mass is 690 g/mol. The van der Waals surface area contributed by atoms with Gasteiger partial charge in [-0.2, -0.15) is 13.2 Å². The maximum atomic E-state index is 13.4. The second-order valence-corrected chi connectivity index (χ2v) is 12.9. The number of ether oxygens (including phenoxy) is 1. The highest BCUT2D eigenvalue weighted by atomic mass is 32.1. The molecule has 258 valence electrons. The number of anilines is 1. The third-order valence-corrected chi connectivity index (χ3v) is 7.97. The molecule has 0 aliphatic heterocycles. The number of halogens is 3. The molecule has 0 radical (unpaired) electrons. The van der Waals surface area contributed by atoms with Crippen LogP contribution < -0.4 is 21.5 Å². The van der Waals surface area contributed by atoms with Gasteiger partial charge in [0.2, 0.25) is 0 Å². The van der Waals surface area contributed by atoms with Crippen LogP contribution in [0.2, 0.25) is 0 Å². The van der Waals surface area contributed by atoms with Gasteiger partial charge in [0, 0.05) is 53.2 Å². The van der Waals surface area contributed by atoms with Crippen LogP contribution in [0.1, 0.15) is 75.9 Å². The fourth-order valence-corrected chi connectivity index (χ4v) is 5.80. The van der Waals surface area contributed by atoms with Gasteiger partial charge >= 0.3 is 18.3 Å². The number of rotatable bonds is 8. The van der Waals surface area contributed by atoms with Gasteiger partial charge in [-0.05, 0) is 52.7 Å². The van der Waals surface area contributed by atoms with E-state index in [1.165, 1.54) is 35.6 Å². The van der Waals surface area contributed by atoms with E-state index in [0.717, 1.165) is 48.8 Å². The summed E-state index contributed by atoms with van der Waals surface area (Å²) in [4.78, 5) is 64.4. The number of alkyl halides is 3. The lowest BCUT2D eigenvalue weighted by molar-refractivity contribution is -0.140. The van der Waals surface area contributed by atoms with Crippen LogP contribution in [0.5, 0.6) is 0 Å². The average Bonchev–Trinajstić information content (AvgIpc) is 3.54. The van der Waals surface area contributed by atoms with Crippen molar-refractivity contribution in [3.63, 3.8) is 0 Å². The molecule has 0 saturated heterocycles. The number of thiazole rings is 1. The number of hydrazine groups is 1.